The molecule has 0 aliphatic carbocycles. The second-order valence-corrected chi connectivity index (χ2v) is 9.15. The van der Waals surface area contributed by atoms with Gasteiger partial charge in [0, 0.05) is 4.73 Å². The van der Waals surface area contributed by atoms with Gasteiger partial charge in [0.1, 0.15) is 12.2 Å². The molecule has 5 aromatic rings. The van der Waals surface area contributed by atoms with E-state index in [0.717, 1.165) is 22.3 Å². The summed E-state index contributed by atoms with van der Waals surface area (Å²) in [5.74, 6) is -1.22. The number of aliphatic hydroxyl groups excluding tert-OH is 1. The average Bonchev–Trinajstić information content (AvgIpc) is 3.00. The maximum Gasteiger partial charge on any atom is 0.343 e. The van der Waals surface area contributed by atoms with E-state index in [1.807, 2.05) is 121 Å². The number of carboxylic acids is 1. The largest absolute Gasteiger partial charge is 0.479 e. The van der Waals surface area contributed by atoms with Crippen LogP contribution in [0, 0.1) is 0 Å². The van der Waals surface area contributed by atoms with Gasteiger partial charge in [-0.05, 0) is 22.3 Å². The summed E-state index contributed by atoms with van der Waals surface area (Å²) in [5, 5.41) is 30.5. The predicted molar refractivity (Wildman–Crippen MR) is 147 cm³/mol. The smallest absolute Gasteiger partial charge is 0.343 e. The molecule has 0 radical (unpaired) electrons. The van der Waals surface area contributed by atoms with E-state index < -0.39 is 24.3 Å². The highest BCUT2D eigenvalue weighted by atomic mass is 16.5. The summed E-state index contributed by atoms with van der Waals surface area (Å²) >= 11 is 0. The van der Waals surface area contributed by atoms with Gasteiger partial charge in [0.05, 0.1) is 6.07 Å². The normalized spacial score (nSPS) is 11.8. The molecule has 4 aromatic carbocycles. The monoisotopic (exact) mass is 534 g/mol. The van der Waals surface area contributed by atoms with Crippen molar-refractivity contribution in [1.29, 1.82) is 0 Å². The standard InChI is InChI=1S/C33H27NO6/c35-30(33(36)37)27-21-28(39-31(23-13-5-1-6-14-23)24-15-7-2-8-16-24)29(22-34(27)38)40-32(25-17-9-3-10-18-25)26-19-11-4-12-20-26/h1-22,30-32,35H,(H-,36,37,38)/p+1. The number of benzene rings is 4. The van der Waals surface area contributed by atoms with Crippen molar-refractivity contribution < 1.29 is 34.4 Å². The first kappa shape index (κ1) is 26.5. The van der Waals surface area contributed by atoms with Crippen molar-refractivity contribution in [2.75, 3.05) is 0 Å². The average molecular weight is 535 g/mol. The molecule has 200 valence electrons. The summed E-state index contributed by atoms with van der Waals surface area (Å²) in [7, 11) is 0. The Morgan fingerprint density at radius 1 is 0.600 bits per heavy atom. The van der Waals surface area contributed by atoms with Crippen molar-refractivity contribution in [3.05, 3.63) is 162 Å². The van der Waals surface area contributed by atoms with Crippen molar-refractivity contribution in [3.63, 3.8) is 0 Å². The molecule has 5 rings (SSSR count). The van der Waals surface area contributed by atoms with Crippen LogP contribution < -0.4 is 14.2 Å². The molecule has 0 aliphatic rings. The fraction of sp³-hybridized carbons (Fsp3) is 0.0909. The fourth-order valence-electron chi connectivity index (χ4n) is 4.45. The number of hydrogen-bond donors (Lipinski definition) is 3. The van der Waals surface area contributed by atoms with Crippen LogP contribution in [0.2, 0.25) is 0 Å². The molecule has 0 spiro atoms. The van der Waals surface area contributed by atoms with Gasteiger partial charge in [0.15, 0.2) is 5.75 Å². The van der Waals surface area contributed by atoms with E-state index in [1.54, 1.807) is 0 Å². The third-order valence-electron chi connectivity index (χ3n) is 6.44. The lowest BCUT2D eigenvalue weighted by molar-refractivity contribution is -0.911. The van der Waals surface area contributed by atoms with Crippen LogP contribution in [0.5, 0.6) is 11.5 Å². The number of nitrogens with zero attached hydrogens (tertiary/aromatic N) is 1. The Bertz CT molecular complexity index is 1470. The summed E-state index contributed by atoms with van der Waals surface area (Å²) < 4.78 is 13.6. The van der Waals surface area contributed by atoms with E-state index in [9.17, 15) is 20.2 Å². The topological polar surface area (TPSA) is 100 Å². The van der Waals surface area contributed by atoms with Crippen molar-refractivity contribution >= 4 is 5.97 Å². The van der Waals surface area contributed by atoms with Crippen LogP contribution in [0.4, 0.5) is 0 Å². The first-order valence-corrected chi connectivity index (χ1v) is 12.7. The number of aliphatic carboxylic acids is 1. The minimum Gasteiger partial charge on any atom is -0.479 e. The third kappa shape index (κ3) is 5.95. The van der Waals surface area contributed by atoms with E-state index in [1.165, 1.54) is 12.3 Å². The van der Waals surface area contributed by atoms with Gasteiger partial charge in [-0.2, -0.15) is 0 Å². The lowest BCUT2D eigenvalue weighted by atomic mass is 10.0. The minimum absolute atomic E-state index is 0.148. The third-order valence-corrected chi connectivity index (χ3v) is 6.44. The summed E-state index contributed by atoms with van der Waals surface area (Å²) in [6.45, 7) is 0. The molecule has 1 aromatic heterocycles. The zero-order valence-electron chi connectivity index (χ0n) is 21.4. The number of ether oxygens (including phenoxy) is 2. The molecular formula is C33H28NO6+. The molecule has 7 heteroatoms. The van der Waals surface area contributed by atoms with E-state index >= 15 is 0 Å². The molecule has 0 saturated carbocycles. The van der Waals surface area contributed by atoms with E-state index in [-0.39, 0.29) is 17.2 Å². The zero-order valence-corrected chi connectivity index (χ0v) is 21.4. The molecule has 3 N–H and O–H groups in total. The van der Waals surface area contributed by atoms with Crippen molar-refractivity contribution in [1.82, 2.24) is 0 Å². The van der Waals surface area contributed by atoms with Gasteiger partial charge in [0.25, 0.3) is 11.9 Å². The second kappa shape index (κ2) is 12.1. The molecule has 0 saturated heterocycles. The molecule has 1 atom stereocenters. The van der Waals surface area contributed by atoms with Crippen LogP contribution in [0.25, 0.3) is 0 Å². The van der Waals surface area contributed by atoms with E-state index in [0.29, 0.717) is 4.73 Å². The molecule has 0 bridgehead atoms. The first-order chi connectivity index (χ1) is 19.5. The van der Waals surface area contributed by atoms with Gasteiger partial charge < -0.3 is 19.7 Å². The molecule has 1 unspecified atom stereocenters. The number of carbonyl (C=O) groups is 1. The lowest BCUT2D eigenvalue weighted by Crippen LogP contribution is -2.38. The summed E-state index contributed by atoms with van der Waals surface area (Å²) in [6, 6.07) is 39.6. The minimum atomic E-state index is -1.99. The quantitative estimate of drug-likeness (QED) is 0.158. The van der Waals surface area contributed by atoms with Gasteiger partial charge in [-0.25, -0.2) is 4.79 Å². The number of aromatic nitrogens is 1. The molecule has 0 aliphatic heterocycles. The Balaban J connectivity index is 1.64. The van der Waals surface area contributed by atoms with Gasteiger partial charge >= 0.3 is 5.97 Å². The van der Waals surface area contributed by atoms with E-state index in [4.69, 9.17) is 9.47 Å². The van der Waals surface area contributed by atoms with Crippen molar-refractivity contribution in [2.45, 2.75) is 18.3 Å². The van der Waals surface area contributed by atoms with Gasteiger partial charge in [0.2, 0.25) is 11.9 Å². The molecular weight excluding hydrogens is 506 g/mol. The summed E-state index contributed by atoms with van der Waals surface area (Å²) in [5.41, 5.74) is 3.14. The molecule has 7 nitrogen and oxygen atoms in total. The fourth-order valence-corrected chi connectivity index (χ4v) is 4.45. The molecule has 0 amide bonds. The first-order valence-electron chi connectivity index (χ1n) is 12.7. The van der Waals surface area contributed by atoms with Crippen LogP contribution in [0.15, 0.2) is 134 Å². The van der Waals surface area contributed by atoms with E-state index in [2.05, 4.69) is 0 Å². The number of carboxylic acid groups (broad SMARTS) is 1. The maximum absolute atomic E-state index is 11.6. The Hall–Kier alpha value is -5.14. The second-order valence-electron chi connectivity index (χ2n) is 9.15. The highest BCUT2D eigenvalue weighted by molar-refractivity contribution is 5.73. The zero-order chi connectivity index (χ0) is 27.9. The number of hydrogen-bond acceptors (Lipinski definition) is 5. The number of pyridine rings is 1. The van der Waals surface area contributed by atoms with Crippen LogP contribution >= 0.6 is 0 Å². The molecule has 40 heavy (non-hydrogen) atoms. The summed E-state index contributed by atoms with van der Waals surface area (Å²) in [4.78, 5) is 11.6. The SMILES string of the molecule is O=C(O)C(O)c1cc(OC(c2ccccc2)c2ccccc2)c(OC(c2ccccc2)c2ccccc2)c[n+]1O. The van der Waals surface area contributed by atoms with Crippen LogP contribution in [-0.2, 0) is 4.79 Å². The number of aliphatic hydroxyl groups is 1. The molecule has 1 heterocycles. The Kier molecular flexibility index (Phi) is 8.04. The number of rotatable bonds is 10. The maximum atomic E-state index is 11.6. The highest BCUT2D eigenvalue weighted by Gasteiger charge is 2.33. The highest BCUT2D eigenvalue weighted by Crippen LogP contribution is 2.38. The Labute approximate surface area is 231 Å². The van der Waals surface area contributed by atoms with Crippen molar-refractivity contribution in [3.8, 4) is 11.5 Å². The van der Waals surface area contributed by atoms with Gasteiger partial charge in [-0.15, -0.1) is 0 Å². The van der Waals surface area contributed by atoms with Gasteiger partial charge in [-0.1, -0.05) is 121 Å². The Morgan fingerprint density at radius 3 is 1.30 bits per heavy atom. The van der Waals surface area contributed by atoms with Crippen LogP contribution in [0.3, 0.4) is 0 Å². The lowest BCUT2D eigenvalue weighted by Gasteiger charge is -2.24. The van der Waals surface area contributed by atoms with Gasteiger partial charge in [-0.3, -0.25) is 5.21 Å². The van der Waals surface area contributed by atoms with Crippen LogP contribution in [-0.4, -0.2) is 21.4 Å². The summed E-state index contributed by atoms with van der Waals surface area (Å²) in [6.07, 6.45) is -1.96. The van der Waals surface area contributed by atoms with Crippen LogP contribution in [0.1, 0.15) is 46.3 Å². The Morgan fingerprint density at radius 2 is 0.950 bits per heavy atom. The molecule has 0 fully saturated rings. The predicted octanol–water partition coefficient (Wildman–Crippen LogP) is 5.67. The van der Waals surface area contributed by atoms with Crippen molar-refractivity contribution in [2.24, 2.45) is 0 Å².